The first-order chi connectivity index (χ1) is 11.8. The van der Waals surface area contributed by atoms with Crippen molar-refractivity contribution in [2.75, 3.05) is 0 Å². The number of hydrogen-bond acceptors (Lipinski definition) is 4. The van der Waals surface area contributed by atoms with Crippen LogP contribution in [-0.4, -0.2) is 19.5 Å². The van der Waals surface area contributed by atoms with Crippen LogP contribution in [0, 0.1) is 5.82 Å². The molecule has 5 nitrogen and oxygen atoms in total. The summed E-state index contributed by atoms with van der Waals surface area (Å²) in [7, 11) is -3.81. The van der Waals surface area contributed by atoms with Gasteiger partial charge in [-0.3, -0.25) is 0 Å². The quantitative estimate of drug-likeness (QED) is 0.726. The van der Waals surface area contributed by atoms with E-state index in [1.54, 1.807) is 24.3 Å². The summed E-state index contributed by atoms with van der Waals surface area (Å²) in [5.41, 5.74) is 1.93. The van der Waals surface area contributed by atoms with Gasteiger partial charge in [-0.1, -0.05) is 24.3 Å². The van der Waals surface area contributed by atoms with Gasteiger partial charge in [-0.2, -0.15) is 0 Å². The van der Waals surface area contributed by atoms with Crippen molar-refractivity contribution >= 4 is 27.3 Å². The molecule has 0 atom stereocenters. The van der Waals surface area contributed by atoms with Crippen LogP contribution in [0.25, 0.3) is 21.6 Å². The molecule has 0 amide bonds. The van der Waals surface area contributed by atoms with Crippen LogP contribution in [0.3, 0.4) is 0 Å². The van der Waals surface area contributed by atoms with Gasteiger partial charge in [0, 0.05) is 10.4 Å². The molecule has 8 heteroatoms. The maximum atomic E-state index is 13.2. The van der Waals surface area contributed by atoms with E-state index in [0.29, 0.717) is 21.6 Å². The summed E-state index contributed by atoms with van der Waals surface area (Å²) in [4.78, 5) is 12.1. The molecular formula is C17H12FNO4S2. The topological polar surface area (TPSA) is 97.5 Å². The molecule has 0 aliphatic carbocycles. The van der Waals surface area contributed by atoms with Crippen LogP contribution in [0.2, 0.25) is 0 Å². The Kier molecular flexibility index (Phi) is 4.42. The number of thiophene rings is 1. The minimum atomic E-state index is -3.81. The summed E-state index contributed by atoms with van der Waals surface area (Å²) in [6, 6.07) is 13.1. The van der Waals surface area contributed by atoms with Gasteiger partial charge >= 0.3 is 5.97 Å². The smallest absolute Gasteiger partial charge is 0.345 e. The zero-order valence-corrected chi connectivity index (χ0v) is 14.3. The minimum Gasteiger partial charge on any atom is -0.477 e. The van der Waals surface area contributed by atoms with Gasteiger partial charge in [0.05, 0.1) is 4.90 Å². The Hall–Kier alpha value is -2.55. The fourth-order valence-electron chi connectivity index (χ4n) is 2.35. The summed E-state index contributed by atoms with van der Waals surface area (Å²) in [5.74, 6) is -1.46. The third kappa shape index (κ3) is 3.60. The van der Waals surface area contributed by atoms with E-state index < -0.39 is 21.8 Å². The maximum absolute atomic E-state index is 13.2. The molecule has 3 rings (SSSR count). The first-order valence-corrected chi connectivity index (χ1v) is 9.38. The van der Waals surface area contributed by atoms with Crippen molar-refractivity contribution in [3.8, 4) is 21.6 Å². The Morgan fingerprint density at radius 1 is 1.00 bits per heavy atom. The molecule has 1 heterocycles. The molecule has 3 aromatic rings. The number of sulfonamides is 1. The second-order valence-corrected chi connectivity index (χ2v) is 7.85. The molecule has 25 heavy (non-hydrogen) atoms. The molecule has 128 valence electrons. The monoisotopic (exact) mass is 377 g/mol. The van der Waals surface area contributed by atoms with E-state index in [-0.39, 0.29) is 9.77 Å². The second kappa shape index (κ2) is 6.40. The van der Waals surface area contributed by atoms with Crippen molar-refractivity contribution < 1.29 is 22.7 Å². The molecule has 0 bridgehead atoms. The van der Waals surface area contributed by atoms with E-state index >= 15 is 0 Å². The van der Waals surface area contributed by atoms with Crippen molar-refractivity contribution in [2.45, 2.75) is 4.90 Å². The Morgan fingerprint density at radius 3 is 2.08 bits per heavy atom. The number of carbonyl (C=O) groups is 1. The maximum Gasteiger partial charge on any atom is 0.345 e. The highest BCUT2D eigenvalue weighted by Gasteiger charge is 2.17. The van der Waals surface area contributed by atoms with Gasteiger partial charge in [-0.15, -0.1) is 11.3 Å². The first kappa shape index (κ1) is 17.3. The van der Waals surface area contributed by atoms with Gasteiger partial charge < -0.3 is 5.11 Å². The Balaban J connectivity index is 2.14. The highest BCUT2D eigenvalue weighted by atomic mass is 32.2. The van der Waals surface area contributed by atoms with Crippen molar-refractivity contribution in [1.82, 2.24) is 0 Å². The van der Waals surface area contributed by atoms with Gasteiger partial charge in [0.2, 0.25) is 10.0 Å². The second-order valence-electron chi connectivity index (χ2n) is 5.23. The molecular weight excluding hydrogens is 365 g/mol. The molecule has 0 saturated heterocycles. The normalized spacial score (nSPS) is 11.4. The van der Waals surface area contributed by atoms with Gasteiger partial charge in [0.15, 0.2) is 0 Å². The number of halogens is 1. The average molecular weight is 377 g/mol. The Morgan fingerprint density at radius 2 is 1.56 bits per heavy atom. The number of hydrogen-bond donors (Lipinski definition) is 2. The summed E-state index contributed by atoms with van der Waals surface area (Å²) in [5, 5.41) is 14.4. The largest absolute Gasteiger partial charge is 0.477 e. The molecule has 0 aliphatic heterocycles. The average Bonchev–Trinajstić information content (AvgIpc) is 3.00. The lowest BCUT2D eigenvalue weighted by molar-refractivity contribution is 0.0702. The van der Waals surface area contributed by atoms with E-state index in [2.05, 4.69) is 0 Å². The van der Waals surface area contributed by atoms with Crippen molar-refractivity contribution in [1.29, 1.82) is 0 Å². The molecule has 2 aromatic carbocycles. The van der Waals surface area contributed by atoms with Crippen LogP contribution in [0.15, 0.2) is 59.5 Å². The lowest BCUT2D eigenvalue weighted by Crippen LogP contribution is -2.11. The van der Waals surface area contributed by atoms with Crippen LogP contribution >= 0.6 is 11.3 Å². The summed E-state index contributed by atoms with van der Waals surface area (Å²) in [6.07, 6.45) is 0. The highest BCUT2D eigenvalue weighted by molar-refractivity contribution is 7.89. The fourth-order valence-corrected chi connectivity index (χ4v) is 3.89. The zero-order chi connectivity index (χ0) is 18.2. The number of carboxylic acids is 1. The molecule has 0 unspecified atom stereocenters. The first-order valence-electron chi connectivity index (χ1n) is 7.02. The minimum absolute atomic E-state index is 0.0340. The van der Waals surface area contributed by atoms with Crippen LogP contribution < -0.4 is 5.14 Å². The zero-order valence-electron chi connectivity index (χ0n) is 12.6. The predicted molar refractivity (Wildman–Crippen MR) is 93.5 cm³/mol. The molecule has 0 fully saturated rings. The van der Waals surface area contributed by atoms with Gasteiger partial charge in [-0.05, 0) is 41.5 Å². The summed E-state index contributed by atoms with van der Waals surface area (Å²) < 4.78 is 35.9. The highest BCUT2D eigenvalue weighted by Crippen LogP contribution is 2.39. The number of aromatic carboxylic acids is 1. The van der Waals surface area contributed by atoms with E-state index in [9.17, 15) is 22.7 Å². The number of benzene rings is 2. The van der Waals surface area contributed by atoms with E-state index in [1.807, 2.05) is 0 Å². The van der Waals surface area contributed by atoms with Crippen LogP contribution in [0.1, 0.15) is 9.67 Å². The molecule has 0 radical (unpaired) electrons. The van der Waals surface area contributed by atoms with Crippen LogP contribution in [-0.2, 0) is 10.0 Å². The summed E-state index contributed by atoms with van der Waals surface area (Å²) in [6.45, 7) is 0. The van der Waals surface area contributed by atoms with Crippen molar-refractivity contribution in [2.24, 2.45) is 5.14 Å². The molecule has 3 N–H and O–H groups in total. The van der Waals surface area contributed by atoms with Gasteiger partial charge in [-0.25, -0.2) is 22.7 Å². The number of carboxylic acid groups (broad SMARTS) is 1. The molecule has 1 aromatic heterocycles. The van der Waals surface area contributed by atoms with Crippen molar-refractivity contribution in [3.63, 3.8) is 0 Å². The predicted octanol–water partition coefficient (Wildman–Crippen LogP) is 3.57. The van der Waals surface area contributed by atoms with Gasteiger partial charge in [0.25, 0.3) is 0 Å². The van der Waals surface area contributed by atoms with Crippen LogP contribution in [0.5, 0.6) is 0 Å². The van der Waals surface area contributed by atoms with Crippen LogP contribution in [0.4, 0.5) is 4.39 Å². The number of nitrogens with two attached hydrogens (primary N) is 1. The van der Waals surface area contributed by atoms with Gasteiger partial charge in [0.1, 0.15) is 10.7 Å². The fraction of sp³-hybridized carbons (Fsp3) is 0. The third-order valence-electron chi connectivity index (χ3n) is 3.54. The summed E-state index contributed by atoms with van der Waals surface area (Å²) >= 11 is 1.07. The number of rotatable bonds is 4. The third-order valence-corrected chi connectivity index (χ3v) is 5.64. The SMILES string of the molecule is NS(=O)(=O)c1ccc(-c2cc(C(=O)O)sc2-c2ccc(F)cc2)cc1. The number of primary sulfonamides is 1. The Labute approximate surface area is 147 Å². The van der Waals surface area contributed by atoms with E-state index in [1.165, 1.54) is 30.3 Å². The standard InChI is InChI=1S/C17H12FNO4S2/c18-12-5-1-11(2-6-12)16-14(9-15(24-16)17(20)21)10-3-7-13(8-4-10)25(19,22)23/h1-9H,(H,20,21)(H2,19,22,23). The lowest BCUT2D eigenvalue weighted by Gasteiger charge is -2.05. The van der Waals surface area contributed by atoms with E-state index in [4.69, 9.17) is 5.14 Å². The van der Waals surface area contributed by atoms with Crippen molar-refractivity contribution in [3.05, 3.63) is 65.3 Å². The molecule has 0 saturated carbocycles. The Bertz CT molecular complexity index is 1040. The molecule has 0 spiro atoms. The molecule has 0 aliphatic rings. The lowest BCUT2D eigenvalue weighted by atomic mass is 10.0. The van der Waals surface area contributed by atoms with E-state index in [0.717, 1.165) is 11.3 Å².